The van der Waals surface area contributed by atoms with E-state index in [1.807, 2.05) is 12.1 Å². The number of hydrogen-bond donors (Lipinski definition) is 0. The molecule has 20 heavy (non-hydrogen) atoms. The van der Waals surface area contributed by atoms with Crippen molar-refractivity contribution in [3.05, 3.63) is 29.8 Å². The molecule has 2 heteroatoms. The van der Waals surface area contributed by atoms with Crippen LogP contribution in [-0.4, -0.2) is 12.9 Å². The Morgan fingerprint density at radius 1 is 0.950 bits per heavy atom. The number of benzene rings is 1. The number of carbonyl (C=O) groups excluding carboxylic acids is 1. The molecule has 0 spiro atoms. The second kappa shape index (κ2) is 11.5. The molecule has 0 saturated heterocycles. The Kier molecular flexibility index (Phi) is 9.64. The van der Waals surface area contributed by atoms with E-state index in [0.29, 0.717) is 5.56 Å². The zero-order chi connectivity index (χ0) is 14.5. The van der Waals surface area contributed by atoms with Gasteiger partial charge in [-0.1, -0.05) is 70.4 Å². The van der Waals surface area contributed by atoms with E-state index >= 15 is 0 Å². The fraction of sp³-hybridized carbons (Fsp3) is 0.611. The molecule has 1 aromatic rings. The topological polar surface area (TPSA) is 26.3 Å². The Bertz CT molecular complexity index is 360. The molecule has 0 radical (unpaired) electrons. The lowest BCUT2D eigenvalue weighted by atomic mass is 10.1. The van der Waals surface area contributed by atoms with Crippen LogP contribution < -0.4 is 4.74 Å². The third kappa shape index (κ3) is 7.98. The van der Waals surface area contributed by atoms with Gasteiger partial charge in [-0.05, 0) is 18.6 Å². The van der Waals surface area contributed by atoms with Crippen LogP contribution in [0.2, 0.25) is 0 Å². The van der Waals surface area contributed by atoms with Gasteiger partial charge in [0.25, 0.3) is 0 Å². The fourth-order valence-corrected chi connectivity index (χ4v) is 2.28. The summed E-state index contributed by atoms with van der Waals surface area (Å²) >= 11 is 0. The van der Waals surface area contributed by atoms with Crippen molar-refractivity contribution < 1.29 is 9.53 Å². The molecule has 0 bridgehead atoms. The van der Waals surface area contributed by atoms with Gasteiger partial charge in [-0.2, -0.15) is 0 Å². The summed E-state index contributed by atoms with van der Waals surface area (Å²) in [7, 11) is 0. The molecule has 112 valence electrons. The first-order valence-corrected chi connectivity index (χ1v) is 8.05. The molecule has 1 rings (SSSR count). The van der Waals surface area contributed by atoms with Crippen molar-refractivity contribution in [2.75, 3.05) is 6.61 Å². The minimum absolute atomic E-state index is 0.676. The minimum Gasteiger partial charge on any atom is -0.494 e. The Balaban J connectivity index is 1.95. The smallest absolute Gasteiger partial charge is 0.150 e. The second-order valence-electron chi connectivity index (χ2n) is 5.37. The zero-order valence-electron chi connectivity index (χ0n) is 12.8. The number of rotatable bonds is 12. The lowest BCUT2D eigenvalue weighted by Gasteiger charge is -2.06. The van der Waals surface area contributed by atoms with E-state index in [-0.39, 0.29) is 0 Å². The molecule has 0 heterocycles. The molecular formula is C18H28O2. The highest BCUT2D eigenvalue weighted by molar-refractivity contribution is 5.75. The summed E-state index contributed by atoms with van der Waals surface area (Å²) < 4.78 is 5.65. The van der Waals surface area contributed by atoms with Gasteiger partial charge in [0.15, 0.2) is 0 Å². The largest absolute Gasteiger partial charge is 0.494 e. The predicted octanol–water partition coefficient (Wildman–Crippen LogP) is 5.41. The van der Waals surface area contributed by atoms with Crippen LogP contribution in [0.3, 0.4) is 0 Å². The highest BCUT2D eigenvalue weighted by Gasteiger charge is 1.96. The minimum atomic E-state index is 0.676. The molecule has 1 aromatic carbocycles. The average molecular weight is 276 g/mol. The number of ether oxygens (including phenoxy) is 1. The molecule has 0 aliphatic carbocycles. The number of carbonyl (C=O) groups is 1. The Morgan fingerprint density at radius 3 is 2.25 bits per heavy atom. The van der Waals surface area contributed by atoms with Gasteiger partial charge in [0, 0.05) is 5.56 Å². The van der Waals surface area contributed by atoms with Crippen molar-refractivity contribution in [3.63, 3.8) is 0 Å². The van der Waals surface area contributed by atoms with Crippen molar-refractivity contribution in [2.24, 2.45) is 0 Å². The fourth-order valence-electron chi connectivity index (χ4n) is 2.28. The van der Waals surface area contributed by atoms with E-state index in [1.54, 1.807) is 12.1 Å². The molecule has 0 aliphatic heterocycles. The molecule has 0 amide bonds. The summed E-state index contributed by atoms with van der Waals surface area (Å²) in [4.78, 5) is 10.6. The molecule has 0 unspecified atom stereocenters. The van der Waals surface area contributed by atoms with E-state index in [1.165, 1.54) is 51.4 Å². The van der Waals surface area contributed by atoms with E-state index in [4.69, 9.17) is 4.74 Å². The SMILES string of the molecule is CCCCCCCCCCCOc1cccc(C=O)c1. The third-order valence-electron chi connectivity index (χ3n) is 3.51. The van der Waals surface area contributed by atoms with E-state index in [2.05, 4.69) is 6.92 Å². The van der Waals surface area contributed by atoms with Crippen LogP contribution in [0.5, 0.6) is 5.75 Å². The van der Waals surface area contributed by atoms with Gasteiger partial charge in [-0.3, -0.25) is 4.79 Å². The van der Waals surface area contributed by atoms with Crippen molar-refractivity contribution in [2.45, 2.75) is 64.7 Å². The highest BCUT2D eigenvalue weighted by atomic mass is 16.5. The van der Waals surface area contributed by atoms with Crippen LogP contribution in [0.1, 0.15) is 75.1 Å². The lowest BCUT2D eigenvalue weighted by Crippen LogP contribution is -1.97. The van der Waals surface area contributed by atoms with Gasteiger partial charge in [0.2, 0.25) is 0 Å². The van der Waals surface area contributed by atoms with Crippen molar-refractivity contribution in [3.8, 4) is 5.75 Å². The summed E-state index contributed by atoms with van der Waals surface area (Å²) in [6.07, 6.45) is 12.7. The van der Waals surface area contributed by atoms with E-state index in [0.717, 1.165) is 25.1 Å². The monoisotopic (exact) mass is 276 g/mol. The summed E-state index contributed by atoms with van der Waals surface area (Å²) in [5.41, 5.74) is 0.676. The maximum Gasteiger partial charge on any atom is 0.150 e. The Hall–Kier alpha value is -1.31. The first-order chi connectivity index (χ1) is 9.86. The van der Waals surface area contributed by atoms with Crippen molar-refractivity contribution >= 4 is 6.29 Å². The van der Waals surface area contributed by atoms with Crippen LogP contribution >= 0.6 is 0 Å². The third-order valence-corrected chi connectivity index (χ3v) is 3.51. The van der Waals surface area contributed by atoms with Gasteiger partial charge in [-0.25, -0.2) is 0 Å². The molecule has 0 saturated carbocycles. The first kappa shape index (κ1) is 16.7. The van der Waals surface area contributed by atoms with Crippen LogP contribution in [0.25, 0.3) is 0 Å². The summed E-state index contributed by atoms with van der Waals surface area (Å²) in [6, 6.07) is 7.34. The summed E-state index contributed by atoms with van der Waals surface area (Å²) in [5.74, 6) is 0.800. The van der Waals surface area contributed by atoms with Gasteiger partial charge >= 0.3 is 0 Å². The van der Waals surface area contributed by atoms with Gasteiger partial charge in [0.05, 0.1) is 6.61 Å². The van der Waals surface area contributed by atoms with Crippen LogP contribution in [-0.2, 0) is 0 Å². The van der Waals surface area contributed by atoms with Gasteiger partial charge < -0.3 is 4.74 Å². The molecule has 0 N–H and O–H groups in total. The molecule has 0 aromatic heterocycles. The molecule has 2 nitrogen and oxygen atoms in total. The van der Waals surface area contributed by atoms with Crippen molar-refractivity contribution in [1.29, 1.82) is 0 Å². The van der Waals surface area contributed by atoms with Crippen LogP contribution in [0.15, 0.2) is 24.3 Å². The van der Waals surface area contributed by atoms with E-state index < -0.39 is 0 Å². The average Bonchev–Trinajstić information content (AvgIpc) is 2.49. The standard InChI is InChI=1S/C18H28O2/c1-2-3-4-5-6-7-8-9-10-14-20-18-13-11-12-17(15-18)16-19/h11-13,15-16H,2-10,14H2,1H3. The maximum absolute atomic E-state index is 10.6. The second-order valence-corrected chi connectivity index (χ2v) is 5.37. The highest BCUT2D eigenvalue weighted by Crippen LogP contribution is 2.13. The Morgan fingerprint density at radius 2 is 1.60 bits per heavy atom. The molecule has 0 aliphatic rings. The zero-order valence-corrected chi connectivity index (χ0v) is 12.8. The number of unbranched alkanes of at least 4 members (excludes halogenated alkanes) is 8. The predicted molar refractivity (Wildman–Crippen MR) is 84.6 cm³/mol. The molecule has 0 atom stereocenters. The Labute approximate surface area is 123 Å². The molecule has 0 fully saturated rings. The number of hydrogen-bond acceptors (Lipinski definition) is 2. The first-order valence-electron chi connectivity index (χ1n) is 8.05. The normalized spacial score (nSPS) is 10.4. The summed E-state index contributed by atoms with van der Waals surface area (Å²) in [5, 5.41) is 0. The number of aldehydes is 1. The van der Waals surface area contributed by atoms with E-state index in [9.17, 15) is 4.79 Å². The quantitative estimate of drug-likeness (QED) is 0.377. The van der Waals surface area contributed by atoms with Crippen molar-refractivity contribution in [1.82, 2.24) is 0 Å². The lowest BCUT2D eigenvalue weighted by molar-refractivity contribution is 0.112. The van der Waals surface area contributed by atoms with Crippen LogP contribution in [0, 0.1) is 0 Å². The molecular weight excluding hydrogens is 248 g/mol. The van der Waals surface area contributed by atoms with Gasteiger partial charge in [-0.15, -0.1) is 0 Å². The summed E-state index contributed by atoms with van der Waals surface area (Å²) in [6.45, 7) is 3.00. The maximum atomic E-state index is 10.6. The van der Waals surface area contributed by atoms with Gasteiger partial charge in [0.1, 0.15) is 12.0 Å². The van der Waals surface area contributed by atoms with Crippen LogP contribution in [0.4, 0.5) is 0 Å².